The van der Waals surface area contributed by atoms with Crippen molar-refractivity contribution in [3.05, 3.63) is 48.0 Å². The van der Waals surface area contributed by atoms with Gasteiger partial charge in [-0.15, -0.1) is 0 Å². The van der Waals surface area contributed by atoms with Crippen LogP contribution in [0.5, 0.6) is 11.5 Å². The molecular weight excluding hydrogens is 376 g/mol. The summed E-state index contributed by atoms with van der Waals surface area (Å²) in [6.07, 6.45) is 5.74. The zero-order valence-corrected chi connectivity index (χ0v) is 17.1. The highest BCUT2D eigenvalue weighted by Gasteiger charge is 2.24. The first-order valence-corrected chi connectivity index (χ1v) is 10.8. The minimum atomic E-state index is -3.43. The van der Waals surface area contributed by atoms with Crippen LogP contribution in [0.1, 0.15) is 31.2 Å². The van der Waals surface area contributed by atoms with Crippen molar-refractivity contribution in [2.24, 2.45) is 4.99 Å². The molecule has 0 spiro atoms. The van der Waals surface area contributed by atoms with E-state index in [1.54, 1.807) is 49.0 Å². The Bertz CT molecular complexity index is 916. The summed E-state index contributed by atoms with van der Waals surface area (Å²) in [5, 5.41) is 0. The van der Waals surface area contributed by atoms with E-state index in [1.807, 2.05) is 18.2 Å². The number of hydrogen-bond donors (Lipinski definition) is 0. The maximum atomic E-state index is 12.8. The van der Waals surface area contributed by atoms with Gasteiger partial charge in [-0.1, -0.05) is 12.8 Å². The average Bonchev–Trinajstić information content (AvgIpc) is 3.02. The van der Waals surface area contributed by atoms with Crippen molar-refractivity contribution in [3.63, 3.8) is 0 Å². The Morgan fingerprint density at radius 2 is 1.54 bits per heavy atom. The third-order valence-electron chi connectivity index (χ3n) is 4.81. The van der Waals surface area contributed by atoms with E-state index in [9.17, 15) is 8.42 Å². The van der Waals surface area contributed by atoms with Gasteiger partial charge in [0.15, 0.2) is 11.5 Å². The first-order valence-electron chi connectivity index (χ1n) is 9.41. The van der Waals surface area contributed by atoms with E-state index in [0.717, 1.165) is 31.2 Å². The van der Waals surface area contributed by atoms with Gasteiger partial charge < -0.3 is 9.47 Å². The van der Waals surface area contributed by atoms with Crippen LogP contribution < -0.4 is 9.47 Å². The second-order valence-corrected chi connectivity index (χ2v) is 8.62. The summed E-state index contributed by atoms with van der Waals surface area (Å²) in [4.78, 5) is 4.75. The van der Waals surface area contributed by atoms with Gasteiger partial charge in [0.2, 0.25) is 10.0 Å². The van der Waals surface area contributed by atoms with Crippen molar-refractivity contribution in [2.75, 3.05) is 27.3 Å². The van der Waals surface area contributed by atoms with Crippen LogP contribution in [0.15, 0.2) is 52.4 Å². The van der Waals surface area contributed by atoms with E-state index in [-0.39, 0.29) is 0 Å². The molecule has 0 saturated carbocycles. The average molecular weight is 403 g/mol. The first kappa shape index (κ1) is 20.4. The summed E-state index contributed by atoms with van der Waals surface area (Å²) in [6, 6.07) is 12.2. The number of sulfonamides is 1. The largest absolute Gasteiger partial charge is 0.493 e. The fourth-order valence-corrected chi connectivity index (χ4v) is 4.73. The monoisotopic (exact) mass is 402 g/mol. The molecule has 0 unspecified atom stereocenters. The summed E-state index contributed by atoms with van der Waals surface area (Å²) >= 11 is 0. The molecule has 0 atom stereocenters. The Morgan fingerprint density at radius 3 is 2.14 bits per heavy atom. The summed E-state index contributed by atoms with van der Waals surface area (Å²) in [6.45, 7) is 1.20. The minimum absolute atomic E-state index is 0.319. The molecule has 1 aliphatic rings. The Morgan fingerprint density at radius 1 is 0.893 bits per heavy atom. The third-order valence-corrected chi connectivity index (χ3v) is 6.72. The normalized spacial score (nSPS) is 16.1. The fourth-order valence-electron chi connectivity index (χ4n) is 3.22. The van der Waals surface area contributed by atoms with Crippen LogP contribution in [0.3, 0.4) is 0 Å². The molecule has 0 bridgehead atoms. The molecule has 150 valence electrons. The van der Waals surface area contributed by atoms with E-state index < -0.39 is 10.0 Å². The van der Waals surface area contributed by atoms with Crippen molar-refractivity contribution in [1.29, 1.82) is 0 Å². The number of rotatable bonds is 6. The van der Waals surface area contributed by atoms with Crippen LogP contribution in [-0.2, 0) is 10.0 Å². The lowest BCUT2D eigenvalue weighted by Gasteiger charge is -2.19. The highest BCUT2D eigenvalue weighted by molar-refractivity contribution is 7.89. The van der Waals surface area contributed by atoms with Gasteiger partial charge in [-0.25, -0.2) is 8.42 Å². The van der Waals surface area contributed by atoms with Crippen LogP contribution >= 0.6 is 0 Å². The lowest BCUT2D eigenvalue weighted by Crippen LogP contribution is -2.31. The van der Waals surface area contributed by atoms with Crippen LogP contribution in [0, 0.1) is 0 Å². The Hall–Kier alpha value is -2.38. The second kappa shape index (κ2) is 9.21. The number of ether oxygens (including phenoxy) is 2. The van der Waals surface area contributed by atoms with E-state index in [4.69, 9.17) is 9.47 Å². The third kappa shape index (κ3) is 4.72. The summed E-state index contributed by atoms with van der Waals surface area (Å²) in [5.74, 6) is 1.29. The van der Waals surface area contributed by atoms with Crippen molar-refractivity contribution in [2.45, 2.75) is 30.6 Å². The molecule has 1 saturated heterocycles. The standard InChI is InChI=1S/C21H26N2O4S/c1-26-20-12-7-17(15-21(20)27-2)16-22-18-8-10-19(11-9-18)28(24,25)23-13-5-3-4-6-14-23/h7-12,15-16H,3-6,13-14H2,1-2H3. The molecule has 6 nitrogen and oxygen atoms in total. The molecule has 0 N–H and O–H groups in total. The highest BCUT2D eigenvalue weighted by Crippen LogP contribution is 2.27. The molecule has 1 heterocycles. The van der Waals surface area contributed by atoms with Crippen LogP contribution in [-0.4, -0.2) is 46.2 Å². The van der Waals surface area contributed by atoms with Crippen LogP contribution in [0.25, 0.3) is 0 Å². The summed E-state index contributed by atoms with van der Waals surface area (Å²) in [7, 11) is -0.259. The zero-order valence-electron chi connectivity index (χ0n) is 16.3. The number of benzene rings is 2. The number of nitrogens with zero attached hydrogens (tertiary/aromatic N) is 2. The molecule has 3 rings (SSSR count). The van der Waals surface area contributed by atoms with Gasteiger partial charge in [-0.2, -0.15) is 4.31 Å². The smallest absolute Gasteiger partial charge is 0.243 e. The van der Waals surface area contributed by atoms with Gasteiger partial charge in [-0.3, -0.25) is 4.99 Å². The fraction of sp³-hybridized carbons (Fsp3) is 0.381. The number of hydrogen-bond acceptors (Lipinski definition) is 5. The summed E-state index contributed by atoms with van der Waals surface area (Å²) < 4.78 is 37.8. The van der Waals surface area contributed by atoms with Gasteiger partial charge in [-0.05, 0) is 60.9 Å². The molecule has 7 heteroatoms. The minimum Gasteiger partial charge on any atom is -0.493 e. The van der Waals surface area contributed by atoms with Gasteiger partial charge >= 0.3 is 0 Å². The van der Waals surface area contributed by atoms with Crippen molar-refractivity contribution in [3.8, 4) is 11.5 Å². The topological polar surface area (TPSA) is 68.2 Å². The zero-order chi connectivity index (χ0) is 20.0. The maximum absolute atomic E-state index is 12.8. The molecule has 2 aromatic carbocycles. The molecule has 0 amide bonds. The first-order chi connectivity index (χ1) is 13.5. The van der Waals surface area contributed by atoms with Gasteiger partial charge in [0.05, 0.1) is 24.8 Å². The maximum Gasteiger partial charge on any atom is 0.243 e. The molecule has 2 aromatic rings. The quantitative estimate of drug-likeness (QED) is 0.685. The molecule has 28 heavy (non-hydrogen) atoms. The lowest BCUT2D eigenvalue weighted by molar-refractivity contribution is 0.355. The number of methoxy groups -OCH3 is 2. The van der Waals surface area contributed by atoms with E-state index in [2.05, 4.69) is 4.99 Å². The van der Waals surface area contributed by atoms with Crippen LogP contribution in [0.4, 0.5) is 5.69 Å². The van der Waals surface area contributed by atoms with Crippen LogP contribution in [0.2, 0.25) is 0 Å². The predicted octanol–water partition coefficient (Wildman–Crippen LogP) is 4.02. The Balaban J connectivity index is 1.74. The Kier molecular flexibility index (Phi) is 6.70. The number of aliphatic imine (C=N–C) groups is 1. The van der Waals surface area contributed by atoms with Crippen molar-refractivity contribution >= 4 is 21.9 Å². The molecule has 0 radical (unpaired) electrons. The molecule has 0 aromatic heterocycles. The van der Waals surface area contributed by atoms with Gasteiger partial charge in [0.1, 0.15) is 0 Å². The molecule has 1 aliphatic heterocycles. The predicted molar refractivity (Wildman–Crippen MR) is 110 cm³/mol. The van der Waals surface area contributed by atoms with E-state index in [1.165, 1.54) is 0 Å². The van der Waals surface area contributed by atoms with E-state index >= 15 is 0 Å². The van der Waals surface area contributed by atoms with E-state index in [0.29, 0.717) is 35.2 Å². The molecule has 1 fully saturated rings. The Labute approximate surface area is 166 Å². The van der Waals surface area contributed by atoms with Crippen molar-refractivity contribution < 1.29 is 17.9 Å². The lowest BCUT2D eigenvalue weighted by atomic mass is 10.2. The molecular formula is C21H26N2O4S. The van der Waals surface area contributed by atoms with Crippen molar-refractivity contribution in [1.82, 2.24) is 4.31 Å². The van der Waals surface area contributed by atoms with Gasteiger partial charge in [0, 0.05) is 19.3 Å². The molecule has 0 aliphatic carbocycles. The summed E-state index contributed by atoms with van der Waals surface area (Å²) in [5.41, 5.74) is 1.54. The second-order valence-electron chi connectivity index (χ2n) is 6.68. The van der Waals surface area contributed by atoms with Gasteiger partial charge in [0.25, 0.3) is 0 Å². The SMILES string of the molecule is COc1ccc(C=Nc2ccc(S(=O)(=O)N3CCCCCC3)cc2)cc1OC. The highest BCUT2D eigenvalue weighted by atomic mass is 32.2.